The van der Waals surface area contributed by atoms with Gasteiger partial charge < -0.3 is 10.2 Å². The zero-order chi connectivity index (χ0) is 6.91. The van der Waals surface area contributed by atoms with E-state index >= 15 is 0 Å². The standard InChI is InChI=1S/C5H7NO/c6-4-5-2-1-3-7-5/h1-3H,4,6H2/i4D2. The number of hydrogen-bond donors (Lipinski definition) is 1. The number of furan rings is 1. The summed E-state index contributed by atoms with van der Waals surface area (Å²) in [5.74, 6) is 0.155. The molecule has 0 saturated heterocycles. The van der Waals surface area contributed by atoms with Crippen molar-refractivity contribution < 1.29 is 7.16 Å². The molecule has 1 rings (SSSR count). The molecule has 0 unspecified atom stereocenters. The van der Waals surface area contributed by atoms with Crippen molar-refractivity contribution in [3.63, 3.8) is 0 Å². The van der Waals surface area contributed by atoms with E-state index in [0.29, 0.717) is 0 Å². The van der Waals surface area contributed by atoms with E-state index in [1.165, 1.54) is 12.3 Å². The number of hydrogen-bond acceptors (Lipinski definition) is 2. The maximum Gasteiger partial charge on any atom is 0.117 e. The highest BCUT2D eigenvalue weighted by atomic mass is 16.3. The van der Waals surface area contributed by atoms with Crippen LogP contribution >= 0.6 is 0 Å². The van der Waals surface area contributed by atoms with Gasteiger partial charge in [-0.2, -0.15) is 0 Å². The fraction of sp³-hybridized carbons (Fsp3) is 0.200. The highest BCUT2D eigenvalue weighted by Crippen LogP contribution is 1.95. The Morgan fingerprint density at radius 2 is 2.86 bits per heavy atom. The fourth-order valence-corrected chi connectivity index (χ4v) is 0.361. The van der Waals surface area contributed by atoms with Crippen molar-refractivity contribution in [2.75, 3.05) is 0 Å². The van der Waals surface area contributed by atoms with Crippen molar-refractivity contribution in [2.24, 2.45) is 5.73 Å². The first-order chi connectivity index (χ1) is 4.11. The van der Waals surface area contributed by atoms with Crippen LogP contribution in [-0.2, 0) is 6.50 Å². The third-order valence-electron chi connectivity index (χ3n) is 0.663. The first kappa shape index (κ1) is 2.52. The van der Waals surface area contributed by atoms with Crippen molar-refractivity contribution in [1.82, 2.24) is 0 Å². The van der Waals surface area contributed by atoms with Crippen LogP contribution in [0.25, 0.3) is 0 Å². The van der Waals surface area contributed by atoms with Gasteiger partial charge in [0, 0.05) is 0 Å². The van der Waals surface area contributed by atoms with Gasteiger partial charge in [0.2, 0.25) is 0 Å². The molecule has 0 aliphatic rings. The molecule has 0 saturated carbocycles. The van der Waals surface area contributed by atoms with E-state index in [4.69, 9.17) is 12.9 Å². The van der Waals surface area contributed by atoms with Crippen LogP contribution in [0, 0.1) is 0 Å². The Morgan fingerprint density at radius 1 is 2.00 bits per heavy atom. The summed E-state index contributed by atoms with van der Waals surface area (Å²) in [5, 5.41) is 0. The molecule has 0 aromatic carbocycles. The molecule has 2 nitrogen and oxygen atoms in total. The van der Waals surface area contributed by atoms with E-state index in [9.17, 15) is 0 Å². The lowest BCUT2D eigenvalue weighted by molar-refractivity contribution is 0.512. The van der Waals surface area contributed by atoms with E-state index in [-0.39, 0.29) is 5.76 Å². The Morgan fingerprint density at radius 3 is 3.14 bits per heavy atom. The minimum atomic E-state index is -1.84. The first-order valence-corrected chi connectivity index (χ1v) is 1.93. The Labute approximate surface area is 44.7 Å². The van der Waals surface area contributed by atoms with Crippen LogP contribution in [-0.4, -0.2) is 0 Å². The highest BCUT2D eigenvalue weighted by Gasteiger charge is 1.84. The summed E-state index contributed by atoms with van der Waals surface area (Å²) in [6.45, 7) is -1.84. The normalized spacial score (nSPS) is 15.6. The molecule has 7 heavy (non-hydrogen) atoms. The topological polar surface area (TPSA) is 39.2 Å². The van der Waals surface area contributed by atoms with E-state index in [1.54, 1.807) is 6.07 Å². The largest absolute Gasteiger partial charge is 0.468 e. The molecule has 1 aromatic heterocycles. The maximum absolute atomic E-state index is 6.94. The Balaban J connectivity index is 2.90. The second-order valence-electron chi connectivity index (χ2n) is 1.12. The van der Waals surface area contributed by atoms with Crippen LogP contribution in [0.1, 0.15) is 8.50 Å². The van der Waals surface area contributed by atoms with E-state index in [2.05, 4.69) is 0 Å². The van der Waals surface area contributed by atoms with Crippen LogP contribution in [0.15, 0.2) is 22.8 Å². The molecule has 0 spiro atoms. The molecule has 0 fully saturated rings. The number of nitrogens with two attached hydrogens (primary N) is 1. The summed E-state index contributed by atoms with van der Waals surface area (Å²) in [6.07, 6.45) is 1.39. The van der Waals surface area contributed by atoms with Crippen molar-refractivity contribution in [3.8, 4) is 0 Å². The predicted octanol–water partition coefficient (Wildman–Crippen LogP) is 0.738. The lowest BCUT2D eigenvalue weighted by atomic mass is 10.5. The van der Waals surface area contributed by atoms with E-state index in [0.717, 1.165) is 0 Å². The third kappa shape index (κ3) is 0.810. The number of rotatable bonds is 1. The van der Waals surface area contributed by atoms with Gasteiger partial charge in [0.05, 0.1) is 15.5 Å². The molecule has 0 aliphatic carbocycles. The molecule has 1 heterocycles. The van der Waals surface area contributed by atoms with Gasteiger partial charge in [0.15, 0.2) is 0 Å². The van der Waals surface area contributed by atoms with Gasteiger partial charge in [-0.15, -0.1) is 0 Å². The molecule has 38 valence electrons. The van der Waals surface area contributed by atoms with Crippen LogP contribution in [0.2, 0.25) is 0 Å². The van der Waals surface area contributed by atoms with Crippen LogP contribution in [0.4, 0.5) is 0 Å². The summed E-state index contributed by atoms with van der Waals surface area (Å²) in [5.41, 5.74) is 5.04. The lowest BCUT2D eigenvalue weighted by Crippen LogP contribution is -1.92. The average Bonchev–Trinajstić information content (AvgIpc) is 2.08. The SMILES string of the molecule is [2H]C([2H])(N)c1ccco1. The van der Waals surface area contributed by atoms with Gasteiger partial charge in [-0.05, 0) is 12.1 Å². The lowest BCUT2D eigenvalue weighted by Gasteiger charge is -1.80. The molecule has 1 aromatic rings. The third-order valence-corrected chi connectivity index (χ3v) is 0.663. The molecule has 0 bridgehead atoms. The summed E-state index contributed by atoms with van der Waals surface area (Å²) in [7, 11) is 0. The monoisotopic (exact) mass is 99.1 g/mol. The van der Waals surface area contributed by atoms with Gasteiger partial charge in [-0.25, -0.2) is 0 Å². The average molecular weight is 99.1 g/mol. The second kappa shape index (κ2) is 1.80. The van der Waals surface area contributed by atoms with Gasteiger partial charge in [-0.1, -0.05) is 0 Å². The molecule has 0 amide bonds. The van der Waals surface area contributed by atoms with Crippen molar-refractivity contribution in [1.29, 1.82) is 0 Å². The molecular weight excluding hydrogens is 90.1 g/mol. The first-order valence-electron chi connectivity index (χ1n) is 2.93. The predicted molar refractivity (Wildman–Crippen MR) is 26.6 cm³/mol. The van der Waals surface area contributed by atoms with Gasteiger partial charge >= 0.3 is 0 Å². The van der Waals surface area contributed by atoms with Crippen LogP contribution < -0.4 is 5.73 Å². The summed E-state index contributed by atoms with van der Waals surface area (Å²) >= 11 is 0. The van der Waals surface area contributed by atoms with Gasteiger partial charge in [-0.3, -0.25) is 0 Å². The van der Waals surface area contributed by atoms with Crippen molar-refractivity contribution in [2.45, 2.75) is 6.50 Å². The Hall–Kier alpha value is -0.760. The zero-order valence-corrected chi connectivity index (χ0v) is 3.72. The van der Waals surface area contributed by atoms with Crippen LogP contribution in [0.5, 0.6) is 0 Å². The van der Waals surface area contributed by atoms with Crippen molar-refractivity contribution >= 4 is 0 Å². The van der Waals surface area contributed by atoms with E-state index < -0.39 is 6.50 Å². The zero-order valence-electron chi connectivity index (χ0n) is 5.72. The van der Waals surface area contributed by atoms with Gasteiger partial charge in [0.25, 0.3) is 0 Å². The Bertz CT molecular complexity index is 177. The molecule has 2 heteroatoms. The quantitative estimate of drug-likeness (QED) is 0.564. The molecular formula is C5H7NO. The molecule has 0 atom stereocenters. The highest BCUT2D eigenvalue weighted by molar-refractivity contribution is 4.96. The fourth-order valence-electron chi connectivity index (χ4n) is 0.361. The van der Waals surface area contributed by atoms with Gasteiger partial charge in [0.1, 0.15) is 5.76 Å². The van der Waals surface area contributed by atoms with Crippen LogP contribution in [0.3, 0.4) is 0 Å². The summed E-state index contributed by atoms with van der Waals surface area (Å²) in [4.78, 5) is 0. The molecule has 0 aliphatic heterocycles. The maximum atomic E-state index is 6.94. The second-order valence-corrected chi connectivity index (χ2v) is 1.12. The molecule has 2 N–H and O–H groups in total. The summed E-state index contributed by atoms with van der Waals surface area (Å²) < 4.78 is 18.6. The van der Waals surface area contributed by atoms with Crippen molar-refractivity contribution in [3.05, 3.63) is 24.2 Å². The smallest absolute Gasteiger partial charge is 0.117 e. The van der Waals surface area contributed by atoms with E-state index in [1.807, 2.05) is 0 Å². The minimum Gasteiger partial charge on any atom is -0.468 e. The summed E-state index contributed by atoms with van der Waals surface area (Å²) in [6, 6.07) is 3.10. The minimum absolute atomic E-state index is 0.155. The molecule has 0 radical (unpaired) electrons. The Kier molecular flexibility index (Phi) is 0.648.